The summed E-state index contributed by atoms with van der Waals surface area (Å²) in [7, 11) is 3.93. The van der Waals surface area contributed by atoms with E-state index in [4.69, 9.17) is 19.3 Å². The van der Waals surface area contributed by atoms with E-state index < -0.39 is 5.60 Å². The Morgan fingerprint density at radius 1 is 1.22 bits per heavy atom. The minimum Gasteiger partial charge on any atom is -0.493 e. The van der Waals surface area contributed by atoms with Gasteiger partial charge in [0.2, 0.25) is 0 Å². The molecule has 1 spiro atoms. The van der Waals surface area contributed by atoms with Gasteiger partial charge in [0, 0.05) is 18.2 Å². The van der Waals surface area contributed by atoms with Gasteiger partial charge in [-0.15, -0.1) is 0 Å². The summed E-state index contributed by atoms with van der Waals surface area (Å²) in [6, 6.07) is 14.5. The molecule has 0 radical (unpaired) electrons. The lowest BCUT2D eigenvalue weighted by Gasteiger charge is -2.62. The Morgan fingerprint density at radius 3 is 2.84 bits per heavy atom. The number of anilines is 1. The zero-order valence-electron chi connectivity index (χ0n) is 18.8. The molecule has 32 heavy (non-hydrogen) atoms. The lowest BCUT2D eigenvalue weighted by atomic mass is 9.50. The van der Waals surface area contributed by atoms with Gasteiger partial charge in [0.1, 0.15) is 11.3 Å². The predicted molar refractivity (Wildman–Crippen MR) is 125 cm³/mol. The van der Waals surface area contributed by atoms with Crippen molar-refractivity contribution in [2.45, 2.75) is 42.9 Å². The highest BCUT2D eigenvalue weighted by atomic mass is 16.5. The molecule has 2 aliphatic heterocycles. The number of para-hydroxylation sites is 1. The maximum Gasteiger partial charge on any atom is 0.166 e. The summed E-state index contributed by atoms with van der Waals surface area (Å²) >= 11 is 0. The molecule has 2 heterocycles. The summed E-state index contributed by atoms with van der Waals surface area (Å²) < 4.78 is 19.2. The molecule has 6 heteroatoms. The molecule has 0 aromatic heterocycles. The Balaban J connectivity index is 1.56. The van der Waals surface area contributed by atoms with Gasteiger partial charge in [-0.05, 0) is 69.3 Å². The third-order valence-corrected chi connectivity index (χ3v) is 7.80. The fourth-order valence-corrected chi connectivity index (χ4v) is 6.51. The third kappa shape index (κ3) is 2.39. The summed E-state index contributed by atoms with van der Waals surface area (Å²) in [6.07, 6.45) is 5.99. The van der Waals surface area contributed by atoms with Crippen molar-refractivity contribution >= 4 is 11.4 Å². The first-order valence-electron chi connectivity index (χ1n) is 11.4. The quantitative estimate of drug-likeness (QED) is 0.731. The van der Waals surface area contributed by atoms with Crippen LogP contribution in [0.1, 0.15) is 24.5 Å². The second kappa shape index (κ2) is 7.09. The van der Waals surface area contributed by atoms with Gasteiger partial charge in [-0.2, -0.15) is 5.10 Å². The zero-order valence-corrected chi connectivity index (χ0v) is 18.8. The molecule has 4 atom stereocenters. The molecule has 0 amide bonds. The number of hydrogen-bond donors (Lipinski definition) is 1. The number of likely N-dealkylation sites (tertiary alicyclic amines) is 1. The molecular weight excluding hydrogens is 402 g/mol. The summed E-state index contributed by atoms with van der Waals surface area (Å²) in [6.45, 7) is 3.72. The standard InChI is InChI=1S/C26H29N3O3/c1-4-31-26-13-12-19(28-27-18-8-6-5-7-9-18)24-25(26)14-15-29(2)21(26)16-17-10-11-20(30-3)23(32-24)22(17)25/h5-13,21,24,27H,4,14-16H2,1-3H3/b28-19+/t21?,24-,25-,26+/m0/s1. The van der Waals surface area contributed by atoms with E-state index in [0.29, 0.717) is 6.61 Å². The Kier molecular flexibility index (Phi) is 4.39. The lowest BCUT2D eigenvalue weighted by Crippen LogP contribution is -2.75. The first-order chi connectivity index (χ1) is 15.6. The van der Waals surface area contributed by atoms with E-state index in [2.05, 4.69) is 42.5 Å². The van der Waals surface area contributed by atoms with Crippen molar-refractivity contribution in [1.82, 2.24) is 4.90 Å². The van der Waals surface area contributed by atoms with Crippen LogP contribution in [0.4, 0.5) is 5.69 Å². The number of nitrogens with zero attached hydrogens (tertiary/aromatic N) is 2. The van der Waals surface area contributed by atoms with E-state index in [1.807, 2.05) is 36.4 Å². The van der Waals surface area contributed by atoms with Crippen LogP contribution in [0.3, 0.4) is 0 Å². The van der Waals surface area contributed by atoms with Crippen molar-refractivity contribution in [1.29, 1.82) is 0 Å². The normalized spacial score (nSPS) is 33.0. The van der Waals surface area contributed by atoms with Crippen molar-refractivity contribution in [2.24, 2.45) is 5.10 Å². The van der Waals surface area contributed by atoms with Crippen molar-refractivity contribution in [2.75, 3.05) is 32.7 Å². The van der Waals surface area contributed by atoms with E-state index in [1.165, 1.54) is 11.1 Å². The molecule has 2 bridgehead atoms. The Labute approximate surface area is 188 Å². The average molecular weight is 432 g/mol. The number of rotatable bonds is 5. The number of piperidine rings is 1. The number of ether oxygens (including phenoxy) is 3. The van der Waals surface area contributed by atoms with Gasteiger partial charge in [0.05, 0.1) is 18.2 Å². The predicted octanol–water partition coefficient (Wildman–Crippen LogP) is 3.77. The van der Waals surface area contributed by atoms with Gasteiger partial charge in [-0.25, -0.2) is 0 Å². The molecule has 166 valence electrons. The van der Waals surface area contributed by atoms with Crippen LogP contribution in [0, 0.1) is 0 Å². The number of methoxy groups -OCH3 is 1. The van der Waals surface area contributed by atoms with E-state index in [0.717, 1.165) is 42.3 Å². The van der Waals surface area contributed by atoms with Crippen LogP contribution in [0.25, 0.3) is 0 Å². The smallest absolute Gasteiger partial charge is 0.166 e. The molecule has 1 saturated heterocycles. The van der Waals surface area contributed by atoms with E-state index >= 15 is 0 Å². The van der Waals surface area contributed by atoms with Crippen LogP contribution in [0.15, 0.2) is 59.7 Å². The van der Waals surface area contributed by atoms with E-state index in [9.17, 15) is 0 Å². The van der Waals surface area contributed by atoms with Crippen molar-refractivity contribution in [3.63, 3.8) is 0 Å². The Bertz CT molecular complexity index is 1110. The number of nitrogens with one attached hydrogen (secondary N) is 1. The number of hydrogen-bond acceptors (Lipinski definition) is 6. The van der Waals surface area contributed by atoms with Crippen LogP contribution >= 0.6 is 0 Å². The molecule has 2 aromatic carbocycles. The van der Waals surface area contributed by atoms with Crippen LogP contribution in [0.5, 0.6) is 11.5 Å². The maximum absolute atomic E-state index is 6.76. The van der Waals surface area contributed by atoms with E-state index in [1.54, 1.807) is 7.11 Å². The van der Waals surface area contributed by atoms with Gasteiger partial charge >= 0.3 is 0 Å². The number of benzene rings is 2. The largest absolute Gasteiger partial charge is 0.493 e. The first-order valence-corrected chi connectivity index (χ1v) is 11.4. The highest BCUT2D eigenvalue weighted by Gasteiger charge is 2.72. The highest BCUT2D eigenvalue weighted by Crippen LogP contribution is 2.64. The molecule has 1 unspecified atom stereocenters. The van der Waals surface area contributed by atoms with Crippen LogP contribution in [0.2, 0.25) is 0 Å². The van der Waals surface area contributed by atoms with Crippen molar-refractivity contribution in [3.8, 4) is 11.5 Å². The van der Waals surface area contributed by atoms with Gasteiger partial charge < -0.3 is 14.2 Å². The van der Waals surface area contributed by atoms with Crippen molar-refractivity contribution in [3.05, 3.63) is 65.7 Å². The van der Waals surface area contributed by atoms with Gasteiger partial charge in [0.25, 0.3) is 0 Å². The maximum atomic E-state index is 6.76. The molecule has 1 N–H and O–H groups in total. The molecule has 4 aliphatic rings. The first kappa shape index (κ1) is 19.8. The summed E-state index contributed by atoms with van der Waals surface area (Å²) in [5.41, 5.74) is 6.87. The number of likely N-dealkylation sites (N-methyl/N-ethyl adjacent to an activating group) is 1. The molecule has 6 nitrogen and oxygen atoms in total. The molecule has 0 saturated carbocycles. The average Bonchev–Trinajstić information content (AvgIpc) is 3.17. The van der Waals surface area contributed by atoms with Gasteiger partial charge in [-0.1, -0.05) is 24.3 Å². The van der Waals surface area contributed by atoms with Crippen LogP contribution in [-0.2, 0) is 16.6 Å². The fraction of sp³-hybridized carbons (Fsp3) is 0.423. The van der Waals surface area contributed by atoms with Gasteiger partial charge in [-0.3, -0.25) is 10.3 Å². The Morgan fingerprint density at radius 2 is 2.06 bits per heavy atom. The Hall–Kier alpha value is -2.83. The molecule has 2 aliphatic carbocycles. The van der Waals surface area contributed by atoms with Crippen LogP contribution < -0.4 is 14.9 Å². The third-order valence-electron chi connectivity index (χ3n) is 7.80. The zero-order chi connectivity index (χ0) is 21.9. The number of hydrazone groups is 1. The molecule has 2 aromatic rings. The summed E-state index contributed by atoms with van der Waals surface area (Å²) in [5.74, 6) is 1.64. The monoisotopic (exact) mass is 431 g/mol. The molecular formula is C26H29N3O3. The fourth-order valence-electron chi connectivity index (χ4n) is 6.51. The summed E-state index contributed by atoms with van der Waals surface area (Å²) in [4.78, 5) is 2.46. The molecule has 1 fully saturated rings. The van der Waals surface area contributed by atoms with E-state index in [-0.39, 0.29) is 17.6 Å². The van der Waals surface area contributed by atoms with Crippen molar-refractivity contribution < 1.29 is 14.2 Å². The summed E-state index contributed by atoms with van der Waals surface area (Å²) in [5, 5.41) is 4.82. The minimum atomic E-state index is -0.463. The topological polar surface area (TPSA) is 55.3 Å². The second-order valence-electron chi connectivity index (χ2n) is 9.12. The molecule has 6 rings (SSSR count). The van der Waals surface area contributed by atoms with Gasteiger partial charge in [0.15, 0.2) is 17.6 Å². The highest BCUT2D eigenvalue weighted by molar-refractivity contribution is 6.03. The second-order valence-corrected chi connectivity index (χ2v) is 9.12. The van der Waals surface area contributed by atoms with Crippen LogP contribution in [-0.4, -0.2) is 55.7 Å². The minimum absolute atomic E-state index is 0.239. The SMILES string of the molecule is CCO[C@@]12C=C/C(=N\Nc3ccccc3)[C@@H]3Oc4c(OC)ccc5c4[C@@]31CCN(C)C2C5. The lowest BCUT2D eigenvalue weighted by molar-refractivity contribution is -0.155.